The van der Waals surface area contributed by atoms with Crippen molar-refractivity contribution in [3.8, 4) is 0 Å². The summed E-state index contributed by atoms with van der Waals surface area (Å²) in [6.07, 6.45) is 39.8. The van der Waals surface area contributed by atoms with Crippen LogP contribution in [-0.4, -0.2) is 89.0 Å². The first-order valence-corrected chi connectivity index (χ1v) is 23.7. The molecule has 1 fully saturated rings. The molecular formula is C49H86O10. The van der Waals surface area contributed by atoms with Crippen molar-refractivity contribution in [2.75, 3.05) is 19.8 Å². The maximum atomic E-state index is 12.8. The molecule has 10 nitrogen and oxygen atoms in total. The van der Waals surface area contributed by atoms with E-state index in [-0.39, 0.29) is 26.1 Å². The lowest BCUT2D eigenvalue weighted by atomic mass is 9.99. The zero-order valence-electron chi connectivity index (χ0n) is 37.2. The molecular weight excluding hydrogens is 749 g/mol. The van der Waals surface area contributed by atoms with Crippen LogP contribution in [0.5, 0.6) is 0 Å². The second kappa shape index (κ2) is 39.8. The van der Waals surface area contributed by atoms with Gasteiger partial charge in [0.25, 0.3) is 0 Å². The monoisotopic (exact) mass is 835 g/mol. The molecule has 0 bridgehead atoms. The van der Waals surface area contributed by atoms with Crippen molar-refractivity contribution >= 4 is 11.9 Å². The van der Waals surface area contributed by atoms with Gasteiger partial charge >= 0.3 is 11.9 Å². The topological polar surface area (TPSA) is 152 Å². The van der Waals surface area contributed by atoms with Gasteiger partial charge in [0.05, 0.1) is 13.2 Å². The molecule has 342 valence electrons. The third-order valence-corrected chi connectivity index (χ3v) is 10.7. The number of unbranched alkanes of at least 4 members (excludes halogenated alkanes) is 20. The van der Waals surface area contributed by atoms with Gasteiger partial charge in [-0.1, -0.05) is 159 Å². The van der Waals surface area contributed by atoms with Gasteiger partial charge in [-0.3, -0.25) is 9.59 Å². The third-order valence-electron chi connectivity index (χ3n) is 10.7. The van der Waals surface area contributed by atoms with E-state index in [1.54, 1.807) is 0 Å². The molecule has 2 unspecified atom stereocenters. The number of carbonyl (C=O) groups is 2. The quantitative estimate of drug-likeness (QED) is 0.0267. The molecule has 0 spiro atoms. The summed E-state index contributed by atoms with van der Waals surface area (Å²) >= 11 is 0. The molecule has 0 aromatic heterocycles. The Labute approximate surface area is 358 Å². The lowest BCUT2D eigenvalue weighted by Crippen LogP contribution is -2.59. The summed E-state index contributed by atoms with van der Waals surface area (Å²) in [5.41, 5.74) is 0. The molecule has 0 radical (unpaired) electrons. The molecule has 10 heteroatoms. The second-order valence-corrected chi connectivity index (χ2v) is 16.2. The molecule has 4 N–H and O–H groups in total. The average molecular weight is 835 g/mol. The van der Waals surface area contributed by atoms with Crippen LogP contribution >= 0.6 is 0 Å². The second-order valence-electron chi connectivity index (χ2n) is 16.2. The maximum Gasteiger partial charge on any atom is 0.306 e. The van der Waals surface area contributed by atoms with Gasteiger partial charge in [-0.15, -0.1) is 0 Å². The SMILES string of the molecule is CCCCCC/C=C/CCCCCCCCCCCC(=O)OC[C@@H](CO[C@H]1O[C@@H](CO)[C@@H](O)C(O)C1O)OC(=O)CCC/C=C/C/C=C/C/C=C/CCCCCCCC. The third kappa shape index (κ3) is 31.2. The highest BCUT2D eigenvalue weighted by Gasteiger charge is 2.44. The normalized spacial score (nSPS) is 20.4. The molecule has 0 aromatic rings. The van der Waals surface area contributed by atoms with Crippen molar-refractivity contribution in [1.82, 2.24) is 0 Å². The molecule has 1 heterocycles. The predicted octanol–water partition coefficient (Wildman–Crippen LogP) is 10.4. The summed E-state index contributed by atoms with van der Waals surface area (Å²) in [6.45, 7) is 3.36. The summed E-state index contributed by atoms with van der Waals surface area (Å²) in [5.74, 6) is -0.869. The Bertz CT molecular complexity index is 1100. The highest BCUT2D eigenvalue weighted by molar-refractivity contribution is 5.70. The first-order chi connectivity index (χ1) is 28.8. The van der Waals surface area contributed by atoms with Crippen LogP contribution in [0.25, 0.3) is 0 Å². The Morgan fingerprint density at radius 3 is 1.51 bits per heavy atom. The van der Waals surface area contributed by atoms with Gasteiger partial charge in [0.15, 0.2) is 12.4 Å². The molecule has 1 aliphatic heterocycles. The van der Waals surface area contributed by atoms with E-state index in [2.05, 4.69) is 56.4 Å². The smallest absolute Gasteiger partial charge is 0.306 e. The average Bonchev–Trinajstić information content (AvgIpc) is 3.23. The van der Waals surface area contributed by atoms with Crippen molar-refractivity contribution in [2.45, 2.75) is 230 Å². The molecule has 0 aromatic carbocycles. The van der Waals surface area contributed by atoms with E-state index in [1.807, 2.05) is 6.08 Å². The van der Waals surface area contributed by atoms with Crippen molar-refractivity contribution in [1.29, 1.82) is 0 Å². The van der Waals surface area contributed by atoms with Crippen LogP contribution in [0.1, 0.15) is 194 Å². The number of aliphatic hydroxyl groups excluding tert-OH is 4. The highest BCUT2D eigenvalue weighted by Crippen LogP contribution is 2.22. The van der Waals surface area contributed by atoms with Gasteiger partial charge in [0, 0.05) is 12.8 Å². The molecule has 1 aliphatic rings. The van der Waals surface area contributed by atoms with Crippen LogP contribution < -0.4 is 0 Å². The summed E-state index contributed by atoms with van der Waals surface area (Å²) < 4.78 is 22.1. The summed E-state index contributed by atoms with van der Waals surface area (Å²) in [5, 5.41) is 40.1. The fourth-order valence-corrected chi connectivity index (χ4v) is 6.90. The van der Waals surface area contributed by atoms with Gasteiger partial charge in [-0.2, -0.15) is 0 Å². The largest absolute Gasteiger partial charge is 0.462 e. The number of aliphatic hydroxyl groups is 4. The Balaban J connectivity index is 2.35. The molecule has 59 heavy (non-hydrogen) atoms. The zero-order chi connectivity index (χ0) is 43.0. The first kappa shape index (κ1) is 54.7. The Morgan fingerprint density at radius 2 is 0.966 bits per heavy atom. The lowest BCUT2D eigenvalue weighted by molar-refractivity contribution is -0.305. The van der Waals surface area contributed by atoms with Gasteiger partial charge < -0.3 is 39.4 Å². The van der Waals surface area contributed by atoms with Crippen molar-refractivity contribution in [2.24, 2.45) is 0 Å². The van der Waals surface area contributed by atoms with E-state index in [0.717, 1.165) is 44.9 Å². The lowest BCUT2D eigenvalue weighted by Gasteiger charge is -2.39. The van der Waals surface area contributed by atoms with Crippen LogP contribution in [0.3, 0.4) is 0 Å². The van der Waals surface area contributed by atoms with E-state index >= 15 is 0 Å². The van der Waals surface area contributed by atoms with E-state index in [0.29, 0.717) is 12.8 Å². The summed E-state index contributed by atoms with van der Waals surface area (Å²) in [6, 6.07) is 0. The van der Waals surface area contributed by atoms with Crippen LogP contribution in [0.15, 0.2) is 48.6 Å². The van der Waals surface area contributed by atoms with Crippen LogP contribution in [-0.2, 0) is 28.5 Å². The van der Waals surface area contributed by atoms with E-state index in [1.165, 1.54) is 109 Å². The zero-order valence-corrected chi connectivity index (χ0v) is 37.2. The van der Waals surface area contributed by atoms with Crippen LogP contribution in [0, 0.1) is 0 Å². The maximum absolute atomic E-state index is 12.8. The number of hydrogen-bond acceptors (Lipinski definition) is 10. The van der Waals surface area contributed by atoms with Crippen LogP contribution in [0.4, 0.5) is 0 Å². The molecule has 0 amide bonds. The molecule has 1 rings (SSSR count). The Hall–Kier alpha value is -2.34. The number of ether oxygens (including phenoxy) is 4. The first-order valence-electron chi connectivity index (χ1n) is 23.7. The van der Waals surface area contributed by atoms with Gasteiger partial charge in [0.1, 0.15) is 31.0 Å². The molecule has 1 saturated heterocycles. The summed E-state index contributed by atoms with van der Waals surface area (Å²) in [7, 11) is 0. The van der Waals surface area contributed by atoms with Gasteiger partial charge in [-0.25, -0.2) is 0 Å². The van der Waals surface area contributed by atoms with Crippen molar-refractivity contribution < 1.29 is 49.0 Å². The number of carbonyl (C=O) groups excluding carboxylic acids is 2. The van der Waals surface area contributed by atoms with Gasteiger partial charge in [-0.05, 0) is 70.6 Å². The van der Waals surface area contributed by atoms with Crippen molar-refractivity contribution in [3.05, 3.63) is 48.6 Å². The number of esters is 2. The van der Waals surface area contributed by atoms with Crippen LogP contribution in [0.2, 0.25) is 0 Å². The number of allylic oxidation sites excluding steroid dienone is 8. The van der Waals surface area contributed by atoms with E-state index in [4.69, 9.17) is 18.9 Å². The Morgan fingerprint density at radius 1 is 0.525 bits per heavy atom. The minimum atomic E-state index is -1.60. The molecule has 0 saturated carbocycles. The number of rotatable bonds is 39. The van der Waals surface area contributed by atoms with Gasteiger partial charge in [0.2, 0.25) is 0 Å². The van der Waals surface area contributed by atoms with E-state index < -0.39 is 55.4 Å². The predicted molar refractivity (Wildman–Crippen MR) is 238 cm³/mol. The standard InChI is InChI=1S/C49H86O10/c1-3-5-7-9-11-13-15-17-19-21-23-25-27-29-31-33-35-37-44(51)56-40-42(41-57-49-48(55)47(54)46(53)43(39-50)59-49)58-45(52)38-36-34-32-30-28-26-24-22-20-18-16-14-12-10-8-6-4-2/h13,15,18,20,24,26,30,32,42-43,46-50,53-55H,3-12,14,16-17,19,21-23,25,27-29,31,33-41H2,1-2H3/b15-13+,20-18+,26-24+,32-30+/t42-,43-,46+,47?,48?,49-/m0/s1. The highest BCUT2D eigenvalue weighted by atomic mass is 16.7. The molecule has 0 aliphatic carbocycles. The minimum Gasteiger partial charge on any atom is -0.462 e. The summed E-state index contributed by atoms with van der Waals surface area (Å²) in [4.78, 5) is 25.3. The van der Waals surface area contributed by atoms with E-state index in [9.17, 15) is 30.0 Å². The fourth-order valence-electron chi connectivity index (χ4n) is 6.90. The molecule has 6 atom stereocenters. The Kier molecular flexibility index (Phi) is 36.9. The number of hydrogen-bond donors (Lipinski definition) is 4. The van der Waals surface area contributed by atoms with Crippen molar-refractivity contribution in [3.63, 3.8) is 0 Å². The minimum absolute atomic E-state index is 0.157. The fraction of sp³-hybridized carbons (Fsp3) is 0.796.